The summed E-state index contributed by atoms with van der Waals surface area (Å²) in [6, 6.07) is 4.68. The van der Waals surface area contributed by atoms with Gasteiger partial charge in [0.05, 0.1) is 0 Å². The first kappa shape index (κ1) is 9.20. The van der Waals surface area contributed by atoms with Gasteiger partial charge in [0, 0.05) is 17.3 Å². The van der Waals surface area contributed by atoms with E-state index in [1.54, 1.807) is 12.1 Å². The molecule has 0 radical (unpaired) electrons. The molecule has 15 heavy (non-hydrogen) atoms. The first-order valence-corrected chi connectivity index (χ1v) is 4.07. The average molecular weight is 206 g/mol. The van der Waals surface area contributed by atoms with Crippen molar-refractivity contribution in [1.29, 1.82) is 0 Å². The SMILES string of the molecule is O=C(O)/C=C/c1ccc2c(c1)no[n+]2[O-]. The lowest BCUT2D eigenvalue weighted by molar-refractivity contribution is -0.782. The number of carbonyl (C=O) groups is 1. The molecule has 0 spiro atoms. The number of rotatable bonds is 2. The standard InChI is InChI=1S/C9H6N2O4/c12-9(13)4-2-6-1-3-8-7(5-6)10-15-11(8)14/h1-5H,(H,12,13)/b4-2+. The summed E-state index contributed by atoms with van der Waals surface area (Å²) >= 11 is 0. The molecule has 6 nitrogen and oxygen atoms in total. The smallest absolute Gasteiger partial charge is 0.328 e. The Kier molecular flexibility index (Phi) is 2.09. The Labute approximate surface area is 83.6 Å². The maximum atomic E-state index is 10.9. The van der Waals surface area contributed by atoms with Gasteiger partial charge in [-0.1, -0.05) is 6.07 Å². The van der Waals surface area contributed by atoms with E-state index in [1.807, 2.05) is 0 Å². The van der Waals surface area contributed by atoms with E-state index in [0.717, 1.165) is 6.08 Å². The van der Waals surface area contributed by atoms with Gasteiger partial charge in [-0.25, -0.2) is 4.79 Å². The van der Waals surface area contributed by atoms with Crippen LogP contribution in [0.2, 0.25) is 0 Å². The third-order valence-corrected chi connectivity index (χ3v) is 1.83. The Morgan fingerprint density at radius 2 is 2.40 bits per heavy atom. The van der Waals surface area contributed by atoms with Crippen LogP contribution >= 0.6 is 0 Å². The van der Waals surface area contributed by atoms with Gasteiger partial charge in [-0.3, -0.25) is 4.63 Å². The van der Waals surface area contributed by atoms with Crippen LogP contribution in [0.4, 0.5) is 0 Å². The zero-order chi connectivity index (χ0) is 10.8. The second-order valence-electron chi connectivity index (χ2n) is 2.85. The summed E-state index contributed by atoms with van der Waals surface area (Å²) in [5.41, 5.74) is 1.33. The van der Waals surface area contributed by atoms with Crippen LogP contribution < -0.4 is 4.90 Å². The molecule has 0 saturated heterocycles. The second-order valence-corrected chi connectivity index (χ2v) is 2.85. The van der Waals surface area contributed by atoms with Gasteiger partial charge in [-0.15, -0.1) is 0 Å². The van der Waals surface area contributed by atoms with Gasteiger partial charge in [0.2, 0.25) is 11.0 Å². The van der Waals surface area contributed by atoms with Gasteiger partial charge >= 0.3 is 5.97 Å². The first-order valence-electron chi connectivity index (χ1n) is 4.07. The lowest BCUT2D eigenvalue weighted by atomic mass is 10.2. The molecule has 0 saturated carbocycles. The Hall–Kier alpha value is -2.37. The quantitative estimate of drug-likeness (QED) is 0.572. The molecule has 0 unspecified atom stereocenters. The predicted molar refractivity (Wildman–Crippen MR) is 49.6 cm³/mol. The molecule has 0 fully saturated rings. The molecule has 1 heterocycles. The van der Waals surface area contributed by atoms with E-state index in [-0.39, 0.29) is 0 Å². The minimum Gasteiger partial charge on any atom is -0.478 e. The number of aliphatic carboxylic acids is 1. The summed E-state index contributed by atoms with van der Waals surface area (Å²) in [5, 5.41) is 22.8. The molecule has 1 aromatic heterocycles. The summed E-state index contributed by atoms with van der Waals surface area (Å²) in [5.74, 6) is -1.03. The van der Waals surface area contributed by atoms with Gasteiger partial charge in [0.25, 0.3) is 0 Å². The lowest BCUT2D eigenvalue weighted by Gasteiger charge is -1.89. The number of aromatic nitrogens is 2. The molecule has 0 aliphatic rings. The van der Waals surface area contributed by atoms with Gasteiger partial charge in [0.15, 0.2) is 0 Å². The third kappa shape index (κ3) is 1.78. The van der Waals surface area contributed by atoms with E-state index < -0.39 is 5.97 Å². The number of benzene rings is 1. The van der Waals surface area contributed by atoms with Crippen LogP contribution in [0.3, 0.4) is 0 Å². The summed E-state index contributed by atoms with van der Waals surface area (Å²) < 4.78 is 4.37. The number of hydrogen-bond donors (Lipinski definition) is 1. The normalized spacial score (nSPS) is 11.2. The fourth-order valence-corrected chi connectivity index (χ4v) is 1.16. The lowest BCUT2D eigenvalue weighted by Crippen LogP contribution is -2.22. The maximum Gasteiger partial charge on any atom is 0.328 e. The number of carboxylic acid groups (broad SMARTS) is 1. The molecule has 0 amide bonds. The van der Waals surface area contributed by atoms with Gasteiger partial charge in [0.1, 0.15) is 0 Å². The fourth-order valence-electron chi connectivity index (χ4n) is 1.16. The molecule has 0 bridgehead atoms. The second kappa shape index (κ2) is 3.41. The highest BCUT2D eigenvalue weighted by atomic mass is 16.8. The van der Waals surface area contributed by atoms with Crippen molar-refractivity contribution in [3.63, 3.8) is 0 Å². The van der Waals surface area contributed by atoms with Crippen LogP contribution in [0.15, 0.2) is 28.9 Å². The number of nitrogens with zero attached hydrogens (tertiary/aromatic N) is 2. The van der Waals surface area contributed by atoms with E-state index in [2.05, 4.69) is 9.79 Å². The molecule has 0 aliphatic carbocycles. The van der Waals surface area contributed by atoms with Crippen molar-refractivity contribution in [3.05, 3.63) is 35.0 Å². The maximum absolute atomic E-state index is 10.9. The van der Waals surface area contributed by atoms with E-state index in [4.69, 9.17) is 5.11 Å². The Balaban J connectivity index is 2.43. The van der Waals surface area contributed by atoms with E-state index in [1.165, 1.54) is 12.1 Å². The highest BCUT2D eigenvalue weighted by molar-refractivity contribution is 5.86. The number of carboxylic acids is 1. The van der Waals surface area contributed by atoms with Crippen molar-refractivity contribution in [3.8, 4) is 0 Å². The summed E-state index contributed by atoms with van der Waals surface area (Å²) in [6.45, 7) is 0. The van der Waals surface area contributed by atoms with Crippen molar-refractivity contribution < 1.29 is 19.4 Å². The molecule has 0 atom stereocenters. The highest BCUT2D eigenvalue weighted by Gasteiger charge is 2.08. The minimum atomic E-state index is -1.03. The van der Waals surface area contributed by atoms with Crippen LogP contribution in [0, 0.1) is 5.21 Å². The van der Waals surface area contributed by atoms with E-state index in [9.17, 15) is 10.0 Å². The van der Waals surface area contributed by atoms with Crippen LogP contribution in [0.5, 0.6) is 0 Å². The topological polar surface area (TPSA) is 90.3 Å². The summed E-state index contributed by atoms with van der Waals surface area (Å²) in [6.07, 6.45) is 2.41. The average Bonchev–Trinajstić information content (AvgIpc) is 2.57. The monoisotopic (exact) mass is 206 g/mol. The fraction of sp³-hybridized carbons (Fsp3) is 0. The van der Waals surface area contributed by atoms with Crippen LogP contribution in [-0.4, -0.2) is 16.2 Å². The molecule has 1 aromatic carbocycles. The summed E-state index contributed by atoms with van der Waals surface area (Å²) in [4.78, 5) is 10.6. The minimum absolute atomic E-state index is 0.292. The Morgan fingerprint density at radius 1 is 1.60 bits per heavy atom. The van der Waals surface area contributed by atoms with Crippen molar-refractivity contribution >= 4 is 23.1 Å². The number of fused-ring (bicyclic) bond motifs is 1. The van der Waals surface area contributed by atoms with Gasteiger partial charge < -0.3 is 10.3 Å². The van der Waals surface area contributed by atoms with Crippen LogP contribution in [-0.2, 0) is 4.79 Å². The largest absolute Gasteiger partial charge is 0.478 e. The zero-order valence-corrected chi connectivity index (χ0v) is 7.45. The molecule has 2 aromatic rings. The van der Waals surface area contributed by atoms with Crippen molar-refractivity contribution in [2.75, 3.05) is 0 Å². The van der Waals surface area contributed by atoms with Crippen molar-refractivity contribution in [2.24, 2.45) is 0 Å². The Morgan fingerprint density at radius 3 is 3.13 bits per heavy atom. The van der Waals surface area contributed by atoms with Gasteiger partial charge in [-0.05, 0) is 22.6 Å². The van der Waals surface area contributed by atoms with Crippen molar-refractivity contribution in [1.82, 2.24) is 5.16 Å². The molecule has 2 rings (SSSR count). The van der Waals surface area contributed by atoms with Crippen LogP contribution in [0.1, 0.15) is 5.56 Å². The van der Waals surface area contributed by atoms with E-state index in [0.29, 0.717) is 21.5 Å². The molecule has 6 heteroatoms. The highest BCUT2D eigenvalue weighted by Crippen LogP contribution is 2.11. The number of hydrogen-bond acceptors (Lipinski definition) is 4. The van der Waals surface area contributed by atoms with Gasteiger partial charge in [-0.2, -0.15) is 0 Å². The molecule has 76 valence electrons. The third-order valence-electron chi connectivity index (χ3n) is 1.83. The summed E-state index contributed by atoms with van der Waals surface area (Å²) in [7, 11) is 0. The zero-order valence-electron chi connectivity index (χ0n) is 7.45. The molecule has 1 N–H and O–H groups in total. The molecular formula is C9H6N2O4. The predicted octanol–water partition coefficient (Wildman–Crippen LogP) is 0.559. The Bertz CT molecular complexity index is 544. The van der Waals surface area contributed by atoms with Crippen LogP contribution in [0.25, 0.3) is 17.1 Å². The van der Waals surface area contributed by atoms with E-state index >= 15 is 0 Å². The van der Waals surface area contributed by atoms with Crippen molar-refractivity contribution in [2.45, 2.75) is 0 Å². The molecular weight excluding hydrogens is 200 g/mol. The first-order chi connectivity index (χ1) is 7.16. The molecule has 0 aliphatic heterocycles.